The topological polar surface area (TPSA) is 23.8 Å². The molecule has 0 saturated heterocycles. The largest absolute Gasteiger partial charge is 0.192 e. The first-order valence-electron chi connectivity index (χ1n) is 3.65. The Labute approximate surface area is 71.3 Å². The molecule has 1 aromatic heterocycles. The lowest BCUT2D eigenvalue weighted by atomic mass is 10.0. The summed E-state index contributed by atoms with van der Waals surface area (Å²) in [5.74, 6) is 0.536. The summed E-state index contributed by atoms with van der Waals surface area (Å²) < 4.78 is 0. The second-order valence-electron chi connectivity index (χ2n) is 2.91. The van der Waals surface area contributed by atoms with Gasteiger partial charge in [0.05, 0.1) is 0 Å². The van der Waals surface area contributed by atoms with Gasteiger partial charge in [-0.1, -0.05) is 13.8 Å². The minimum atomic E-state index is 0.536. The van der Waals surface area contributed by atoms with Crippen LogP contribution in [0.1, 0.15) is 35.8 Å². The molecule has 0 aliphatic carbocycles. The predicted molar refractivity (Wildman–Crippen MR) is 47.9 cm³/mol. The average Bonchev–Trinajstić information content (AvgIpc) is 2.30. The zero-order chi connectivity index (χ0) is 8.43. The molecule has 0 N–H and O–H groups in total. The van der Waals surface area contributed by atoms with Gasteiger partial charge in [0.15, 0.2) is 0 Å². The summed E-state index contributed by atoms with van der Waals surface area (Å²) in [7, 11) is 0. The van der Waals surface area contributed by atoms with Crippen molar-refractivity contribution in [2.45, 2.75) is 26.7 Å². The zero-order valence-electron chi connectivity index (χ0n) is 7.01. The second-order valence-corrected chi connectivity index (χ2v) is 3.79. The summed E-state index contributed by atoms with van der Waals surface area (Å²) in [4.78, 5) is 0.855. The molecule has 1 heterocycles. The van der Waals surface area contributed by atoms with E-state index >= 15 is 0 Å². The van der Waals surface area contributed by atoms with Gasteiger partial charge in [-0.2, -0.15) is 5.26 Å². The standard InChI is InChI=1S/C9H11NS/c1-6(2)8-5-11-9(4-10)7(8)3/h5-6H,1-3H3. The molecule has 0 aromatic carbocycles. The van der Waals surface area contributed by atoms with Gasteiger partial charge < -0.3 is 0 Å². The van der Waals surface area contributed by atoms with Crippen LogP contribution < -0.4 is 0 Å². The highest BCUT2D eigenvalue weighted by atomic mass is 32.1. The van der Waals surface area contributed by atoms with Crippen LogP contribution in [-0.2, 0) is 0 Å². The maximum absolute atomic E-state index is 8.67. The van der Waals surface area contributed by atoms with Crippen LogP contribution in [0.15, 0.2) is 5.38 Å². The van der Waals surface area contributed by atoms with E-state index in [1.165, 1.54) is 5.56 Å². The van der Waals surface area contributed by atoms with Crippen molar-refractivity contribution < 1.29 is 0 Å². The molecule has 11 heavy (non-hydrogen) atoms. The number of rotatable bonds is 1. The van der Waals surface area contributed by atoms with Gasteiger partial charge >= 0.3 is 0 Å². The van der Waals surface area contributed by atoms with E-state index in [0.717, 1.165) is 10.4 Å². The Morgan fingerprint density at radius 3 is 2.45 bits per heavy atom. The quantitative estimate of drug-likeness (QED) is 0.627. The van der Waals surface area contributed by atoms with Crippen LogP contribution in [0.4, 0.5) is 0 Å². The molecule has 0 amide bonds. The third-order valence-electron chi connectivity index (χ3n) is 1.80. The fourth-order valence-electron chi connectivity index (χ4n) is 1.11. The Kier molecular flexibility index (Phi) is 2.31. The third-order valence-corrected chi connectivity index (χ3v) is 2.81. The van der Waals surface area contributed by atoms with Crippen molar-refractivity contribution in [3.63, 3.8) is 0 Å². The molecule has 1 aromatic rings. The van der Waals surface area contributed by atoms with Crippen molar-refractivity contribution in [2.24, 2.45) is 0 Å². The van der Waals surface area contributed by atoms with E-state index in [4.69, 9.17) is 5.26 Å². The second kappa shape index (κ2) is 3.06. The summed E-state index contributed by atoms with van der Waals surface area (Å²) >= 11 is 1.54. The maximum atomic E-state index is 8.67. The lowest BCUT2D eigenvalue weighted by molar-refractivity contribution is 0.862. The van der Waals surface area contributed by atoms with Crippen LogP contribution in [-0.4, -0.2) is 0 Å². The highest BCUT2D eigenvalue weighted by molar-refractivity contribution is 7.10. The van der Waals surface area contributed by atoms with Crippen LogP contribution in [0, 0.1) is 18.3 Å². The van der Waals surface area contributed by atoms with E-state index in [1.54, 1.807) is 11.3 Å². The first-order chi connectivity index (χ1) is 5.16. The fraction of sp³-hybridized carbons (Fsp3) is 0.444. The van der Waals surface area contributed by atoms with Crippen LogP contribution in [0.2, 0.25) is 0 Å². The normalized spacial score (nSPS) is 10.1. The Morgan fingerprint density at radius 1 is 1.55 bits per heavy atom. The molecule has 0 aliphatic heterocycles. The molecule has 0 bridgehead atoms. The van der Waals surface area contributed by atoms with E-state index in [1.807, 2.05) is 6.92 Å². The monoisotopic (exact) mass is 165 g/mol. The molecule has 58 valence electrons. The molecule has 1 nitrogen and oxygen atoms in total. The molecule has 0 atom stereocenters. The van der Waals surface area contributed by atoms with Crippen molar-refractivity contribution in [1.82, 2.24) is 0 Å². The first kappa shape index (κ1) is 8.29. The van der Waals surface area contributed by atoms with Crippen molar-refractivity contribution in [1.29, 1.82) is 5.26 Å². The molecule has 0 fully saturated rings. The molecule has 0 saturated carbocycles. The molecule has 1 rings (SSSR count). The van der Waals surface area contributed by atoms with Crippen LogP contribution in [0.3, 0.4) is 0 Å². The van der Waals surface area contributed by atoms with Crippen LogP contribution in [0.5, 0.6) is 0 Å². The van der Waals surface area contributed by atoms with Gasteiger partial charge in [-0.05, 0) is 29.3 Å². The van der Waals surface area contributed by atoms with Gasteiger partial charge in [0.1, 0.15) is 10.9 Å². The third kappa shape index (κ3) is 1.44. The summed E-state index contributed by atoms with van der Waals surface area (Å²) in [5, 5.41) is 10.8. The molecule has 0 aliphatic rings. The summed E-state index contributed by atoms with van der Waals surface area (Å²) in [6.07, 6.45) is 0. The first-order valence-corrected chi connectivity index (χ1v) is 4.53. The minimum absolute atomic E-state index is 0.536. The van der Waals surface area contributed by atoms with Gasteiger partial charge in [0.25, 0.3) is 0 Å². The summed E-state index contributed by atoms with van der Waals surface area (Å²) in [5.41, 5.74) is 2.47. The van der Waals surface area contributed by atoms with E-state index in [-0.39, 0.29) is 0 Å². The Balaban J connectivity index is 3.13. The Bertz CT molecular complexity index is 291. The lowest BCUT2D eigenvalue weighted by Crippen LogP contribution is -1.86. The van der Waals surface area contributed by atoms with Crippen molar-refractivity contribution in [3.05, 3.63) is 21.4 Å². The number of hydrogen-bond donors (Lipinski definition) is 0. The zero-order valence-corrected chi connectivity index (χ0v) is 7.83. The van der Waals surface area contributed by atoms with Crippen LogP contribution in [0.25, 0.3) is 0 Å². The van der Waals surface area contributed by atoms with Gasteiger partial charge in [0.2, 0.25) is 0 Å². The maximum Gasteiger partial charge on any atom is 0.110 e. The number of hydrogen-bond acceptors (Lipinski definition) is 2. The van der Waals surface area contributed by atoms with Gasteiger partial charge in [-0.25, -0.2) is 0 Å². The van der Waals surface area contributed by atoms with E-state index in [9.17, 15) is 0 Å². The number of nitrogens with zero attached hydrogens (tertiary/aromatic N) is 1. The Hall–Kier alpha value is -0.810. The minimum Gasteiger partial charge on any atom is -0.192 e. The van der Waals surface area contributed by atoms with Crippen molar-refractivity contribution >= 4 is 11.3 Å². The predicted octanol–water partition coefficient (Wildman–Crippen LogP) is 3.05. The molecule has 2 heteroatoms. The highest BCUT2D eigenvalue weighted by Crippen LogP contribution is 2.26. The Morgan fingerprint density at radius 2 is 2.18 bits per heavy atom. The molecule has 0 radical (unpaired) electrons. The molecular formula is C9H11NS. The molecule has 0 spiro atoms. The average molecular weight is 165 g/mol. The van der Waals surface area contributed by atoms with E-state index in [0.29, 0.717) is 5.92 Å². The lowest BCUT2D eigenvalue weighted by Gasteiger charge is -2.01. The van der Waals surface area contributed by atoms with Crippen molar-refractivity contribution in [2.75, 3.05) is 0 Å². The van der Waals surface area contributed by atoms with Crippen molar-refractivity contribution in [3.8, 4) is 6.07 Å². The SMILES string of the molecule is Cc1c(C(C)C)csc1C#N. The summed E-state index contributed by atoms with van der Waals surface area (Å²) in [6, 6.07) is 2.19. The highest BCUT2D eigenvalue weighted by Gasteiger charge is 2.08. The number of thiophene rings is 1. The smallest absolute Gasteiger partial charge is 0.110 e. The van der Waals surface area contributed by atoms with Crippen LogP contribution >= 0.6 is 11.3 Å². The van der Waals surface area contributed by atoms with Gasteiger partial charge in [-0.15, -0.1) is 11.3 Å². The number of nitriles is 1. The fourth-order valence-corrected chi connectivity index (χ4v) is 2.15. The van der Waals surface area contributed by atoms with E-state index < -0.39 is 0 Å². The summed E-state index contributed by atoms with van der Waals surface area (Å²) in [6.45, 7) is 6.32. The van der Waals surface area contributed by atoms with Gasteiger partial charge in [-0.3, -0.25) is 0 Å². The molecule has 0 unspecified atom stereocenters. The van der Waals surface area contributed by atoms with Gasteiger partial charge in [0, 0.05) is 0 Å². The van der Waals surface area contributed by atoms with E-state index in [2.05, 4.69) is 25.3 Å². The molecular weight excluding hydrogens is 154 g/mol.